The summed E-state index contributed by atoms with van der Waals surface area (Å²) in [6, 6.07) is 2.71. The van der Waals surface area contributed by atoms with Crippen molar-refractivity contribution in [3.05, 3.63) is 28.2 Å². The molecule has 0 heterocycles. The second-order valence-corrected chi connectivity index (χ2v) is 4.60. The third kappa shape index (κ3) is 3.95. The molecule has 0 aliphatic rings. The van der Waals surface area contributed by atoms with Crippen molar-refractivity contribution < 1.29 is 27.9 Å². The second kappa shape index (κ2) is 5.60. The standard InChI is InChI=1S/C11H9BrF3NO3/c1-5(10(18)19)9(17)16-8-4-6(11(13,14)15)2-3-7(8)12/h2-5H,1H3,(H,16,17)(H,18,19). The molecule has 1 rings (SSSR count). The zero-order chi connectivity index (χ0) is 14.8. The molecule has 0 aliphatic carbocycles. The molecule has 1 unspecified atom stereocenters. The number of alkyl halides is 3. The molecule has 0 aliphatic heterocycles. The van der Waals surface area contributed by atoms with E-state index in [9.17, 15) is 22.8 Å². The van der Waals surface area contributed by atoms with E-state index < -0.39 is 29.5 Å². The molecule has 8 heteroatoms. The maximum absolute atomic E-state index is 12.5. The Morgan fingerprint density at radius 2 is 1.95 bits per heavy atom. The van der Waals surface area contributed by atoms with Gasteiger partial charge < -0.3 is 10.4 Å². The number of carbonyl (C=O) groups excluding carboxylic acids is 1. The molecule has 0 saturated heterocycles. The molecule has 0 fully saturated rings. The summed E-state index contributed by atoms with van der Waals surface area (Å²) in [5.74, 6) is -3.62. The monoisotopic (exact) mass is 339 g/mol. The van der Waals surface area contributed by atoms with Crippen LogP contribution in [-0.4, -0.2) is 17.0 Å². The predicted molar refractivity (Wildman–Crippen MR) is 64.6 cm³/mol. The summed E-state index contributed by atoms with van der Waals surface area (Å²) in [4.78, 5) is 22.1. The van der Waals surface area contributed by atoms with Gasteiger partial charge in [-0.2, -0.15) is 13.2 Å². The van der Waals surface area contributed by atoms with Gasteiger partial charge in [0.25, 0.3) is 0 Å². The van der Waals surface area contributed by atoms with Crippen molar-refractivity contribution in [2.45, 2.75) is 13.1 Å². The van der Waals surface area contributed by atoms with Crippen LogP contribution in [0.3, 0.4) is 0 Å². The smallest absolute Gasteiger partial charge is 0.416 e. The number of hydrogen-bond acceptors (Lipinski definition) is 2. The summed E-state index contributed by atoms with van der Waals surface area (Å²) in [5.41, 5.74) is -1.07. The number of carboxylic acid groups (broad SMARTS) is 1. The Morgan fingerprint density at radius 3 is 2.42 bits per heavy atom. The van der Waals surface area contributed by atoms with Gasteiger partial charge in [-0.05, 0) is 41.1 Å². The van der Waals surface area contributed by atoms with Gasteiger partial charge in [-0.15, -0.1) is 0 Å². The van der Waals surface area contributed by atoms with E-state index in [4.69, 9.17) is 5.11 Å². The predicted octanol–water partition coefficient (Wildman–Crippen LogP) is 3.13. The summed E-state index contributed by atoms with van der Waals surface area (Å²) in [6.07, 6.45) is -4.54. The van der Waals surface area contributed by atoms with Gasteiger partial charge in [0, 0.05) is 4.47 Å². The largest absolute Gasteiger partial charge is 0.481 e. The first-order valence-electron chi connectivity index (χ1n) is 5.03. The quantitative estimate of drug-likeness (QED) is 0.831. The lowest BCUT2D eigenvalue weighted by molar-refractivity contribution is -0.144. The van der Waals surface area contributed by atoms with Crippen molar-refractivity contribution in [3.8, 4) is 0 Å². The highest BCUT2D eigenvalue weighted by atomic mass is 79.9. The summed E-state index contributed by atoms with van der Waals surface area (Å²) in [6.45, 7) is 1.14. The molecular weight excluding hydrogens is 331 g/mol. The lowest BCUT2D eigenvalue weighted by Crippen LogP contribution is -2.27. The molecule has 1 aromatic carbocycles. The number of rotatable bonds is 3. The highest BCUT2D eigenvalue weighted by molar-refractivity contribution is 9.10. The van der Waals surface area contributed by atoms with E-state index in [1.54, 1.807) is 0 Å². The van der Waals surface area contributed by atoms with Crippen LogP contribution < -0.4 is 5.32 Å². The van der Waals surface area contributed by atoms with E-state index in [-0.39, 0.29) is 10.2 Å². The minimum absolute atomic E-state index is 0.132. The van der Waals surface area contributed by atoms with Gasteiger partial charge in [-0.25, -0.2) is 0 Å². The van der Waals surface area contributed by atoms with Gasteiger partial charge >= 0.3 is 12.1 Å². The molecule has 0 bridgehead atoms. The first kappa shape index (κ1) is 15.5. The highest BCUT2D eigenvalue weighted by Crippen LogP contribution is 2.34. The first-order chi connectivity index (χ1) is 8.62. The van der Waals surface area contributed by atoms with Crippen molar-refractivity contribution in [1.82, 2.24) is 0 Å². The Hall–Kier alpha value is -1.57. The lowest BCUT2D eigenvalue weighted by atomic mass is 10.1. The number of aliphatic carboxylic acids is 1. The molecule has 104 valence electrons. The molecule has 2 N–H and O–H groups in total. The maximum Gasteiger partial charge on any atom is 0.416 e. The first-order valence-corrected chi connectivity index (χ1v) is 5.82. The van der Waals surface area contributed by atoms with Crippen molar-refractivity contribution in [2.24, 2.45) is 5.92 Å². The SMILES string of the molecule is CC(C(=O)O)C(=O)Nc1cc(C(F)(F)F)ccc1Br. The maximum atomic E-state index is 12.5. The molecule has 1 amide bonds. The van der Waals surface area contributed by atoms with E-state index in [2.05, 4.69) is 21.2 Å². The Morgan fingerprint density at radius 1 is 1.37 bits per heavy atom. The van der Waals surface area contributed by atoms with Crippen LogP contribution in [0.1, 0.15) is 12.5 Å². The topological polar surface area (TPSA) is 66.4 Å². The van der Waals surface area contributed by atoms with E-state index >= 15 is 0 Å². The van der Waals surface area contributed by atoms with Crippen LogP contribution in [0, 0.1) is 5.92 Å². The molecule has 0 aromatic heterocycles. The Kier molecular flexibility index (Phi) is 4.56. The number of carboxylic acids is 1. The van der Waals surface area contributed by atoms with E-state index in [1.807, 2.05) is 0 Å². The third-order valence-electron chi connectivity index (χ3n) is 2.32. The van der Waals surface area contributed by atoms with Gasteiger partial charge in [0.15, 0.2) is 0 Å². The number of carbonyl (C=O) groups is 2. The van der Waals surface area contributed by atoms with Gasteiger partial charge in [-0.3, -0.25) is 9.59 Å². The van der Waals surface area contributed by atoms with Crippen LogP contribution in [0.5, 0.6) is 0 Å². The summed E-state index contributed by atoms with van der Waals surface area (Å²) < 4.78 is 37.7. The van der Waals surface area contributed by atoms with Gasteiger partial charge in [-0.1, -0.05) is 0 Å². The zero-order valence-corrected chi connectivity index (χ0v) is 11.2. The summed E-state index contributed by atoms with van der Waals surface area (Å²) in [7, 11) is 0. The van der Waals surface area contributed by atoms with Crippen molar-refractivity contribution in [2.75, 3.05) is 5.32 Å². The minimum atomic E-state index is -4.54. The lowest BCUT2D eigenvalue weighted by Gasteiger charge is -2.13. The van der Waals surface area contributed by atoms with Crippen LogP contribution in [-0.2, 0) is 15.8 Å². The minimum Gasteiger partial charge on any atom is -0.481 e. The second-order valence-electron chi connectivity index (χ2n) is 3.74. The van der Waals surface area contributed by atoms with Crippen LogP contribution in [0.15, 0.2) is 22.7 Å². The van der Waals surface area contributed by atoms with Crippen molar-refractivity contribution in [3.63, 3.8) is 0 Å². The average Bonchev–Trinajstić information content (AvgIpc) is 2.29. The fourth-order valence-corrected chi connectivity index (χ4v) is 1.50. The summed E-state index contributed by atoms with van der Waals surface area (Å²) >= 11 is 2.98. The molecule has 0 spiro atoms. The van der Waals surface area contributed by atoms with E-state index in [1.165, 1.54) is 0 Å². The third-order valence-corrected chi connectivity index (χ3v) is 3.01. The molecule has 1 aromatic rings. The molecule has 19 heavy (non-hydrogen) atoms. The Bertz CT molecular complexity index is 516. The average molecular weight is 340 g/mol. The Balaban J connectivity index is 3.01. The molecule has 1 atom stereocenters. The number of halogens is 4. The number of hydrogen-bond donors (Lipinski definition) is 2. The fraction of sp³-hybridized carbons (Fsp3) is 0.273. The van der Waals surface area contributed by atoms with Crippen LogP contribution in [0.4, 0.5) is 18.9 Å². The van der Waals surface area contributed by atoms with Crippen LogP contribution in [0.25, 0.3) is 0 Å². The number of amides is 1. The van der Waals surface area contributed by atoms with E-state index in [0.29, 0.717) is 0 Å². The molecular formula is C11H9BrF3NO3. The normalized spacial score (nSPS) is 12.9. The van der Waals surface area contributed by atoms with Crippen LogP contribution >= 0.6 is 15.9 Å². The van der Waals surface area contributed by atoms with Crippen molar-refractivity contribution >= 4 is 33.5 Å². The summed E-state index contributed by atoms with van der Waals surface area (Å²) in [5, 5.41) is 10.8. The van der Waals surface area contributed by atoms with E-state index in [0.717, 1.165) is 25.1 Å². The molecule has 0 saturated carbocycles. The number of anilines is 1. The molecule has 4 nitrogen and oxygen atoms in total. The van der Waals surface area contributed by atoms with Crippen LogP contribution in [0.2, 0.25) is 0 Å². The van der Waals surface area contributed by atoms with Gasteiger partial charge in [0.05, 0.1) is 11.3 Å². The highest BCUT2D eigenvalue weighted by Gasteiger charge is 2.31. The fourth-order valence-electron chi connectivity index (χ4n) is 1.15. The van der Waals surface area contributed by atoms with Crippen molar-refractivity contribution in [1.29, 1.82) is 0 Å². The molecule has 0 radical (unpaired) electrons. The zero-order valence-electron chi connectivity index (χ0n) is 9.58. The number of nitrogens with one attached hydrogen (secondary N) is 1. The Labute approximate surface area is 114 Å². The van der Waals surface area contributed by atoms with Gasteiger partial charge in [0.2, 0.25) is 5.91 Å². The number of benzene rings is 1. The van der Waals surface area contributed by atoms with Gasteiger partial charge in [0.1, 0.15) is 5.92 Å².